The molecule has 0 spiro atoms. The van der Waals surface area contributed by atoms with Gasteiger partial charge in [-0.2, -0.15) is 0 Å². The Morgan fingerprint density at radius 2 is 1.72 bits per heavy atom. The maximum atomic E-state index is 12.7. The van der Waals surface area contributed by atoms with Crippen LogP contribution in [0.1, 0.15) is 37.2 Å². The molecule has 1 heterocycles. The van der Waals surface area contributed by atoms with Gasteiger partial charge in [-0.1, -0.05) is 48.0 Å². The average molecular weight is 466 g/mol. The monoisotopic (exact) mass is 465 g/mol. The summed E-state index contributed by atoms with van der Waals surface area (Å²) in [6, 6.07) is 21.1. The maximum Gasteiger partial charge on any atom is 0.255 e. The van der Waals surface area contributed by atoms with Crippen molar-refractivity contribution in [2.24, 2.45) is 5.73 Å². The number of benzene rings is 3. The molecule has 1 aliphatic heterocycles. The zero-order chi connectivity index (χ0) is 22.7. The second kappa shape index (κ2) is 9.46. The van der Waals surface area contributed by atoms with Crippen LogP contribution in [-0.2, 0) is 11.3 Å². The van der Waals surface area contributed by atoms with Crippen LogP contribution >= 0.6 is 23.4 Å². The third-order valence-corrected chi connectivity index (χ3v) is 6.64. The van der Waals surface area contributed by atoms with Crippen LogP contribution in [0, 0.1) is 0 Å². The largest absolute Gasteiger partial charge is 0.366 e. The van der Waals surface area contributed by atoms with Gasteiger partial charge in [0.1, 0.15) is 5.37 Å². The van der Waals surface area contributed by atoms with Crippen LogP contribution < -0.4 is 11.1 Å². The van der Waals surface area contributed by atoms with Crippen LogP contribution in [0.2, 0.25) is 5.02 Å². The standard InChI is InChI=1S/C24H20ClN3O3S/c25-18-11-5-15(6-12-18)13-28-21(29)14-32-24(28)17-9-7-16(8-10-17)23(31)27-20-4-2-1-3-19(20)22(26)30/h1-12,24H,13-14H2,(H2,26,30)(H,27,31)/t24-/m1/s1. The lowest BCUT2D eigenvalue weighted by Gasteiger charge is -2.24. The van der Waals surface area contributed by atoms with Gasteiger partial charge in [0.05, 0.1) is 17.0 Å². The first-order chi connectivity index (χ1) is 15.4. The zero-order valence-corrected chi connectivity index (χ0v) is 18.5. The number of rotatable bonds is 6. The van der Waals surface area contributed by atoms with Gasteiger partial charge in [0.15, 0.2) is 0 Å². The number of halogens is 1. The predicted molar refractivity (Wildman–Crippen MR) is 127 cm³/mol. The molecule has 3 amide bonds. The zero-order valence-electron chi connectivity index (χ0n) is 17.0. The Hall–Kier alpha value is -3.29. The van der Waals surface area contributed by atoms with Gasteiger partial charge in [0.25, 0.3) is 11.8 Å². The molecule has 4 rings (SSSR count). The third kappa shape index (κ3) is 4.79. The summed E-state index contributed by atoms with van der Waals surface area (Å²) in [7, 11) is 0. The number of hydrogen-bond donors (Lipinski definition) is 2. The average Bonchev–Trinajstić information content (AvgIpc) is 3.15. The third-order valence-electron chi connectivity index (χ3n) is 5.13. The van der Waals surface area contributed by atoms with Gasteiger partial charge in [-0.3, -0.25) is 14.4 Å². The first kappa shape index (κ1) is 21.9. The van der Waals surface area contributed by atoms with E-state index in [9.17, 15) is 14.4 Å². The first-order valence-electron chi connectivity index (χ1n) is 9.88. The molecule has 1 aliphatic rings. The molecule has 3 aromatic carbocycles. The number of thioether (sulfide) groups is 1. The Labute approximate surface area is 194 Å². The van der Waals surface area contributed by atoms with Crippen molar-refractivity contribution in [2.45, 2.75) is 11.9 Å². The van der Waals surface area contributed by atoms with E-state index in [0.717, 1.165) is 11.1 Å². The number of para-hydroxylation sites is 1. The molecular formula is C24H20ClN3O3S. The molecule has 6 nitrogen and oxygen atoms in total. The molecule has 8 heteroatoms. The Kier molecular flexibility index (Phi) is 6.48. The van der Waals surface area contributed by atoms with E-state index in [1.54, 1.807) is 48.2 Å². The Morgan fingerprint density at radius 1 is 1.03 bits per heavy atom. The molecule has 0 bridgehead atoms. The number of carbonyl (C=O) groups is 3. The number of nitrogens with zero attached hydrogens (tertiary/aromatic N) is 1. The number of amides is 3. The fourth-order valence-corrected chi connectivity index (χ4v) is 4.80. The minimum atomic E-state index is -0.611. The topological polar surface area (TPSA) is 92.5 Å². The van der Waals surface area contributed by atoms with Gasteiger partial charge in [-0.25, -0.2) is 0 Å². The van der Waals surface area contributed by atoms with Gasteiger partial charge >= 0.3 is 0 Å². The van der Waals surface area contributed by atoms with Gasteiger partial charge in [-0.05, 0) is 47.5 Å². The fourth-order valence-electron chi connectivity index (χ4n) is 3.49. The van der Waals surface area contributed by atoms with Crippen LogP contribution in [0.15, 0.2) is 72.8 Å². The number of primary amides is 1. The lowest BCUT2D eigenvalue weighted by atomic mass is 10.1. The van der Waals surface area contributed by atoms with Crippen molar-refractivity contribution in [1.29, 1.82) is 0 Å². The van der Waals surface area contributed by atoms with Gasteiger partial charge in [0.2, 0.25) is 5.91 Å². The van der Waals surface area contributed by atoms with Gasteiger partial charge < -0.3 is 16.0 Å². The van der Waals surface area contributed by atoms with Crippen molar-refractivity contribution in [2.75, 3.05) is 11.1 Å². The summed E-state index contributed by atoms with van der Waals surface area (Å²) in [5.41, 5.74) is 8.35. The lowest BCUT2D eigenvalue weighted by molar-refractivity contribution is -0.128. The SMILES string of the molecule is NC(=O)c1ccccc1NC(=O)c1ccc([C@H]2SCC(=O)N2Cc2ccc(Cl)cc2)cc1. The summed E-state index contributed by atoms with van der Waals surface area (Å²) >= 11 is 7.51. The van der Waals surface area contributed by atoms with E-state index in [-0.39, 0.29) is 22.8 Å². The Bertz CT molecular complexity index is 1170. The molecule has 0 aliphatic carbocycles. The predicted octanol–water partition coefficient (Wildman–Crippen LogP) is 4.47. The van der Waals surface area contributed by atoms with E-state index in [4.69, 9.17) is 17.3 Å². The van der Waals surface area contributed by atoms with Crippen LogP contribution in [0.3, 0.4) is 0 Å². The number of nitrogens with two attached hydrogens (primary N) is 1. The molecular weight excluding hydrogens is 446 g/mol. The summed E-state index contributed by atoms with van der Waals surface area (Å²) in [6.07, 6.45) is 0. The highest BCUT2D eigenvalue weighted by atomic mass is 35.5. The number of carbonyl (C=O) groups excluding carboxylic acids is 3. The van der Waals surface area contributed by atoms with Crippen molar-refractivity contribution in [3.63, 3.8) is 0 Å². The quantitative estimate of drug-likeness (QED) is 0.562. The highest BCUT2D eigenvalue weighted by Crippen LogP contribution is 2.39. The smallest absolute Gasteiger partial charge is 0.255 e. The molecule has 0 saturated carbocycles. The van der Waals surface area contributed by atoms with Crippen molar-refractivity contribution in [1.82, 2.24) is 4.90 Å². The van der Waals surface area contributed by atoms with Crippen molar-refractivity contribution in [3.05, 3.63) is 100 Å². The second-order valence-corrected chi connectivity index (χ2v) is 8.80. The fraction of sp³-hybridized carbons (Fsp3) is 0.125. The molecule has 0 radical (unpaired) electrons. The van der Waals surface area contributed by atoms with E-state index in [1.165, 1.54) is 0 Å². The molecule has 3 N–H and O–H groups in total. The Balaban J connectivity index is 1.49. The normalized spacial score (nSPS) is 15.6. The van der Waals surface area contributed by atoms with Crippen LogP contribution in [0.25, 0.3) is 0 Å². The van der Waals surface area contributed by atoms with Crippen molar-refractivity contribution >= 4 is 46.8 Å². The molecule has 1 atom stereocenters. The molecule has 1 saturated heterocycles. The Morgan fingerprint density at radius 3 is 2.41 bits per heavy atom. The highest BCUT2D eigenvalue weighted by molar-refractivity contribution is 8.00. The van der Waals surface area contributed by atoms with E-state index in [2.05, 4.69) is 5.32 Å². The summed E-state index contributed by atoms with van der Waals surface area (Å²) in [6.45, 7) is 0.486. The number of nitrogens with one attached hydrogen (secondary N) is 1. The molecule has 162 valence electrons. The molecule has 1 fully saturated rings. The number of hydrogen-bond acceptors (Lipinski definition) is 4. The van der Waals surface area contributed by atoms with Crippen LogP contribution in [0.4, 0.5) is 5.69 Å². The van der Waals surface area contributed by atoms with E-state index in [0.29, 0.717) is 28.6 Å². The van der Waals surface area contributed by atoms with Crippen LogP contribution in [-0.4, -0.2) is 28.4 Å². The first-order valence-corrected chi connectivity index (χ1v) is 11.3. The van der Waals surface area contributed by atoms with Crippen LogP contribution in [0.5, 0.6) is 0 Å². The summed E-state index contributed by atoms with van der Waals surface area (Å²) in [4.78, 5) is 38.5. The minimum Gasteiger partial charge on any atom is -0.366 e. The highest BCUT2D eigenvalue weighted by Gasteiger charge is 2.32. The summed E-state index contributed by atoms with van der Waals surface area (Å²) in [5, 5.41) is 3.25. The van der Waals surface area contributed by atoms with E-state index in [1.807, 2.05) is 41.3 Å². The second-order valence-electron chi connectivity index (χ2n) is 7.30. The summed E-state index contributed by atoms with van der Waals surface area (Å²) in [5.74, 6) is -0.483. The molecule has 0 aromatic heterocycles. The molecule has 0 unspecified atom stereocenters. The van der Waals surface area contributed by atoms with E-state index >= 15 is 0 Å². The van der Waals surface area contributed by atoms with E-state index < -0.39 is 5.91 Å². The van der Waals surface area contributed by atoms with Gasteiger partial charge in [-0.15, -0.1) is 11.8 Å². The van der Waals surface area contributed by atoms with Crippen molar-refractivity contribution < 1.29 is 14.4 Å². The minimum absolute atomic E-state index is 0.0693. The molecule has 3 aromatic rings. The molecule has 32 heavy (non-hydrogen) atoms. The van der Waals surface area contributed by atoms with Gasteiger partial charge in [0, 0.05) is 17.1 Å². The summed E-state index contributed by atoms with van der Waals surface area (Å²) < 4.78 is 0. The number of anilines is 1. The maximum absolute atomic E-state index is 12.7. The lowest BCUT2D eigenvalue weighted by Crippen LogP contribution is -2.27. The van der Waals surface area contributed by atoms with Crippen molar-refractivity contribution in [3.8, 4) is 0 Å².